The lowest BCUT2D eigenvalue weighted by Crippen LogP contribution is -2.25. The van der Waals surface area contributed by atoms with Crippen LogP contribution in [0.3, 0.4) is 0 Å². The van der Waals surface area contributed by atoms with Crippen LogP contribution in [0.5, 0.6) is 0 Å². The van der Waals surface area contributed by atoms with Gasteiger partial charge in [0.1, 0.15) is 0 Å². The maximum absolute atomic E-state index is 5.85. The number of nitrogens with zero attached hydrogens (tertiary/aromatic N) is 2. The van der Waals surface area contributed by atoms with Gasteiger partial charge in [-0.15, -0.1) is 0 Å². The van der Waals surface area contributed by atoms with E-state index in [4.69, 9.17) is 4.74 Å². The monoisotopic (exact) mass is 368 g/mol. The lowest BCUT2D eigenvalue weighted by atomic mass is 10.00. The van der Waals surface area contributed by atoms with Crippen LogP contribution in [0.15, 0.2) is 47.6 Å². The molecular weight excluding hydrogens is 332 g/mol. The van der Waals surface area contributed by atoms with Crippen LogP contribution in [-0.4, -0.2) is 36.9 Å². The van der Waals surface area contributed by atoms with Crippen molar-refractivity contribution in [1.82, 2.24) is 4.90 Å². The summed E-state index contributed by atoms with van der Waals surface area (Å²) in [6.07, 6.45) is 11.4. The van der Waals surface area contributed by atoms with Gasteiger partial charge in [-0.1, -0.05) is 50.8 Å². The predicted molar refractivity (Wildman–Crippen MR) is 117 cm³/mol. The quantitative estimate of drug-likeness (QED) is 0.483. The van der Waals surface area contributed by atoms with E-state index < -0.39 is 0 Å². The Hall–Kier alpha value is -1.87. The molecule has 1 aromatic rings. The minimum absolute atomic E-state index is 0.381. The second kappa shape index (κ2) is 11.8. The van der Waals surface area contributed by atoms with Crippen molar-refractivity contribution in [3.05, 3.63) is 53.7 Å². The summed E-state index contributed by atoms with van der Waals surface area (Å²) in [5, 5.41) is 0. The van der Waals surface area contributed by atoms with E-state index in [0.29, 0.717) is 6.10 Å². The van der Waals surface area contributed by atoms with E-state index in [1.54, 1.807) is 0 Å². The smallest absolute Gasteiger partial charge is 0.0631 e. The Morgan fingerprint density at radius 2 is 1.89 bits per heavy atom. The van der Waals surface area contributed by atoms with Crippen LogP contribution in [0.25, 0.3) is 5.70 Å². The van der Waals surface area contributed by atoms with Gasteiger partial charge in [-0.05, 0) is 56.6 Å². The van der Waals surface area contributed by atoms with Gasteiger partial charge >= 0.3 is 0 Å². The zero-order chi connectivity index (χ0) is 19.5. The number of ether oxygens (including phenoxy) is 1. The van der Waals surface area contributed by atoms with E-state index in [1.807, 2.05) is 6.21 Å². The first-order valence-electron chi connectivity index (χ1n) is 10.5. The highest BCUT2D eigenvalue weighted by Crippen LogP contribution is 2.20. The number of aliphatic imine (C=N–C) groups is 1. The fraction of sp³-hybridized carbons (Fsp3) is 0.542. The molecule has 1 heterocycles. The Labute approximate surface area is 165 Å². The van der Waals surface area contributed by atoms with Crippen molar-refractivity contribution in [2.75, 3.05) is 19.7 Å². The average Bonchev–Trinajstić information content (AvgIpc) is 2.70. The Kier molecular flexibility index (Phi) is 9.34. The molecule has 0 spiro atoms. The van der Waals surface area contributed by atoms with Crippen LogP contribution in [0, 0.1) is 0 Å². The summed E-state index contributed by atoms with van der Waals surface area (Å²) in [6.45, 7) is 13.7. The molecule has 0 saturated carbocycles. The van der Waals surface area contributed by atoms with E-state index in [0.717, 1.165) is 50.2 Å². The van der Waals surface area contributed by atoms with Crippen LogP contribution in [0.1, 0.15) is 64.0 Å². The van der Waals surface area contributed by atoms with Crippen LogP contribution in [0.4, 0.5) is 0 Å². The van der Waals surface area contributed by atoms with Crippen LogP contribution in [-0.2, 0) is 11.2 Å². The average molecular weight is 369 g/mol. The summed E-state index contributed by atoms with van der Waals surface area (Å²) in [6, 6.07) is 8.63. The standard InChI is InChI=1S/C24H36N2O/c1-5-15-26(16-6-2)23(7-3)19-25-20(4)22-13-11-21(12-14-22)18-24-10-8-9-17-27-24/h7,11-14,19,24H,4-6,8-10,15-18H2,1-3H3/b23-7+,25-19?. The summed E-state index contributed by atoms with van der Waals surface area (Å²) in [5.41, 5.74) is 4.38. The zero-order valence-electron chi connectivity index (χ0n) is 17.4. The van der Waals surface area contributed by atoms with Gasteiger partial charge in [0.25, 0.3) is 0 Å². The molecule has 1 aliphatic heterocycles. The molecule has 0 aromatic heterocycles. The maximum atomic E-state index is 5.85. The molecule has 1 unspecified atom stereocenters. The van der Waals surface area contributed by atoms with Gasteiger partial charge in [-0.3, -0.25) is 4.99 Å². The molecule has 27 heavy (non-hydrogen) atoms. The molecule has 1 saturated heterocycles. The van der Waals surface area contributed by atoms with Crippen LogP contribution in [0.2, 0.25) is 0 Å². The fourth-order valence-corrected chi connectivity index (χ4v) is 3.53. The molecule has 148 valence electrons. The van der Waals surface area contributed by atoms with Gasteiger partial charge in [-0.25, -0.2) is 0 Å². The number of benzene rings is 1. The van der Waals surface area contributed by atoms with Gasteiger partial charge in [0.2, 0.25) is 0 Å². The Morgan fingerprint density at radius 1 is 1.19 bits per heavy atom. The van der Waals surface area contributed by atoms with E-state index in [9.17, 15) is 0 Å². The van der Waals surface area contributed by atoms with E-state index >= 15 is 0 Å². The van der Waals surface area contributed by atoms with E-state index in [-0.39, 0.29) is 0 Å². The Bertz CT molecular complexity index is 618. The summed E-state index contributed by atoms with van der Waals surface area (Å²) < 4.78 is 5.85. The Morgan fingerprint density at radius 3 is 2.44 bits per heavy atom. The van der Waals surface area contributed by atoms with Crippen molar-refractivity contribution < 1.29 is 4.74 Å². The normalized spacial score (nSPS) is 18.0. The van der Waals surface area contributed by atoms with Crippen LogP contribution < -0.4 is 0 Å². The number of rotatable bonds is 10. The molecule has 0 N–H and O–H groups in total. The summed E-state index contributed by atoms with van der Waals surface area (Å²) in [5.74, 6) is 0. The van der Waals surface area contributed by atoms with Crippen LogP contribution >= 0.6 is 0 Å². The minimum Gasteiger partial charge on any atom is -0.378 e. The fourth-order valence-electron chi connectivity index (χ4n) is 3.53. The number of hydrogen-bond donors (Lipinski definition) is 0. The molecule has 1 fully saturated rings. The molecule has 0 radical (unpaired) electrons. The highest BCUT2D eigenvalue weighted by Gasteiger charge is 2.14. The Balaban J connectivity index is 1.96. The molecule has 3 nitrogen and oxygen atoms in total. The first-order valence-corrected chi connectivity index (χ1v) is 10.5. The van der Waals surface area contributed by atoms with Crippen molar-refractivity contribution in [3.63, 3.8) is 0 Å². The van der Waals surface area contributed by atoms with Gasteiger partial charge in [0.05, 0.1) is 23.7 Å². The number of allylic oxidation sites excluding steroid dienone is 2. The van der Waals surface area contributed by atoms with Crippen molar-refractivity contribution >= 4 is 11.9 Å². The van der Waals surface area contributed by atoms with Gasteiger partial charge in [0.15, 0.2) is 0 Å². The summed E-state index contributed by atoms with van der Waals surface area (Å²) >= 11 is 0. The van der Waals surface area contributed by atoms with E-state index in [2.05, 4.69) is 67.6 Å². The predicted octanol–water partition coefficient (Wildman–Crippen LogP) is 5.87. The van der Waals surface area contributed by atoms with Crippen molar-refractivity contribution in [2.24, 2.45) is 4.99 Å². The molecule has 1 atom stereocenters. The molecule has 0 aliphatic carbocycles. The molecule has 1 aromatic carbocycles. The summed E-state index contributed by atoms with van der Waals surface area (Å²) in [4.78, 5) is 7.04. The molecule has 0 amide bonds. The molecule has 0 bridgehead atoms. The highest BCUT2D eigenvalue weighted by atomic mass is 16.5. The molecule has 2 rings (SSSR count). The molecule has 1 aliphatic rings. The largest absolute Gasteiger partial charge is 0.378 e. The minimum atomic E-state index is 0.381. The lowest BCUT2D eigenvalue weighted by Gasteiger charge is -2.24. The molecular formula is C24H36N2O. The maximum Gasteiger partial charge on any atom is 0.0631 e. The van der Waals surface area contributed by atoms with E-state index in [1.165, 1.54) is 30.5 Å². The van der Waals surface area contributed by atoms with Crippen molar-refractivity contribution in [1.29, 1.82) is 0 Å². The highest BCUT2D eigenvalue weighted by molar-refractivity contribution is 5.83. The zero-order valence-corrected chi connectivity index (χ0v) is 17.4. The first-order chi connectivity index (χ1) is 13.2. The number of hydrogen-bond acceptors (Lipinski definition) is 3. The van der Waals surface area contributed by atoms with Gasteiger partial charge in [-0.2, -0.15) is 0 Å². The summed E-state index contributed by atoms with van der Waals surface area (Å²) in [7, 11) is 0. The van der Waals surface area contributed by atoms with Crippen molar-refractivity contribution in [2.45, 2.75) is 65.4 Å². The third kappa shape index (κ3) is 6.99. The second-order valence-electron chi connectivity index (χ2n) is 7.30. The molecule has 3 heteroatoms. The van der Waals surface area contributed by atoms with Gasteiger partial charge < -0.3 is 9.64 Å². The third-order valence-electron chi connectivity index (χ3n) is 5.03. The SMILES string of the molecule is C=C(N=C/C(=C\C)N(CCC)CCC)c1ccc(CC2CCCCO2)cc1. The second-order valence-corrected chi connectivity index (χ2v) is 7.30. The van der Waals surface area contributed by atoms with Gasteiger partial charge in [0, 0.05) is 19.7 Å². The first kappa shape index (κ1) is 21.4. The lowest BCUT2D eigenvalue weighted by molar-refractivity contribution is 0.0168. The topological polar surface area (TPSA) is 24.8 Å². The van der Waals surface area contributed by atoms with Crippen molar-refractivity contribution in [3.8, 4) is 0 Å². The third-order valence-corrected chi connectivity index (χ3v) is 5.03.